The molecule has 0 aliphatic carbocycles. The van der Waals surface area contributed by atoms with Crippen molar-refractivity contribution in [2.45, 2.75) is 37.8 Å². The van der Waals surface area contributed by atoms with Crippen LogP contribution in [0.1, 0.15) is 36.2 Å². The predicted octanol–water partition coefficient (Wildman–Crippen LogP) is 3.14. The van der Waals surface area contributed by atoms with Crippen molar-refractivity contribution in [2.75, 3.05) is 50.1 Å². The summed E-state index contributed by atoms with van der Waals surface area (Å²) in [7, 11) is 2.13. The Labute approximate surface area is 222 Å². The first-order chi connectivity index (χ1) is 18.5. The van der Waals surface area contributed by atoms with Crippen molar-refractivity contribution in [1.29, 1.82) is 5.26 Å². The topological polar surface area (TPSA) is 127 Å². The number of anilines is 2. The van der Waals surface area contributed by atoms with E-state index in [4.69, 9.17) is 10.00 Å². The Balaban J connectivity index is 1.40. The van der Waals surface area contributed by atoms with Crippen molar-refractivity contribution in [1.82, 2.24) is 20.2 Å². The predicted molar refractivity (Wildman–Crippen MR) is 146 cm³/mol. The van der Waals surface area contributed by atoms with E-state index in [9.17, 15) is 9.90 Å². The number of fused-ring (bicyclic) bond motifs is 1. The molecular weight excluding hydrogens is 482 g/mol. The summed E-state index contributed by atoms with van der Waals surface area (Å²) in [6.07, 6.45) is 3.58. The second kappa shape index (κ2) is 11.6. The maximum atomic E-state index is 13.4. The minimum absolute atomic E-state index is 0.0157. The Morgan fingerprint density at radius 2 is 2.13 bits per heavy atom. The number of amides is 1. The van der Waals surface area contributed by atoms with Crippen LogP contribution in [0.4, 0.5) is 11.5 Å². The fourth-order valence-corrected chi connectivity index (χ4v) is 5.25. The summed E-state index contributed by atoms with van der Waals surface area (Å²) < 4.78 is 5.99. The number of phenolic OH excluding ortho intramolecular Hbond substituents is 1. The molecule has 198 valence electrons. The van der Waals surface area contributed by atoms with Gasteiger partial charge < -0.3 is 30.3 Å². The first-order valence-corrected chi connectivity index (χ1v) is 13.1. The number of aromatic nitrogens is 2. The molecule has 0 bridgehead atoms. The summed E-state index contributed by atoms with van der Waals surface area (Å²) in [5.41, 5.74) is 0.666. The van der Waals surface area contributed by atoms with Gasteiger partial charge in [-0.3, -0.25) is 4.79 Å². The number of benzene rings is 2. The Morgan fingerprint density at radius 1 is 1.26 bits per heavy atom. The van der Waals surface area contributed by atoms with Gasteiger partial charge in [-0.2, -0.15) is 15.2 Å². The molecule has 2 atom stereocenters. The van der Waals surface area contributed by atoms with Crippen molar-refractivity contribution in [3.05, 3.63) is 48.2 Å². The zero-order valence-corrected chi connectivity index (χ0v) is 21.6. The number of carbonyl (C=O) groups is 1. The zero-order chi connectivity index (χ0) is 26.5. The lowest BCUT2D eigenvalue weighted by Crippen LogP contribution is -2.50. The van der Waals surface area contributed by atoms with Crippen molar-refractivity contribution < 1.29 is 14.6 Å². The van der Waals surface area contributed by atoms with Crippen molar-refractivity contribution in [3.63, 3.8) is 0 Å². The standard InChI is InChI=1S/C28H33N7O3/c1-34-12-4-6-21(34)9-14-38-28-32-25(17-26(33-28)35-13-11-30-20(18-35)8-10-29)27(37)31-24-16-22(36)15-19-5-2-3-7-23(19)24/h2-3,5,7,15-17,20-21,30,36H,4,6,8-9,11-14,18H2,1H3,(H,31,37)/t20-,21?/m0/s1. The molecule has 3 heterocycles. The number of likely N-dealkylation sites (tertiary alicyclic amines) is 1. The normalized spacial score (nSPS) is 19.8. The molecule has 5 rings (SSSR count). The van der Waals surface area contributed by atoms with Gasteiger partial charge in [0.1, 0.15) is 17.3 Å². The molecule has 10 heteroatoms. The number of phenols is 1. The first-order valence-electron chi connectivity index (χ1n) is 13.1. The highest BCUT2D eigenvalue weighted by Gasteiger charge is 2.24. The maximum absolute atomic E-state index is 13.4. The van der Waals surface area contributed by atoms with E-state index in [-0.39, 0.29) is 23.5 Å². The van der Waals surface area contributed by atoms with Crippen LogP contribution in [0.25, 0.3) is 10.8 Å². The van der Waals surface area contributed by atoms with Crippen LogP contribution in [0.15, 0.2) is 42.5 Å². The molecule has 2 saturated heterocycles. The number of carbonyl (C=O) groups excluding carboxylic acids is 1. The van der Waals surface area contributed by atoms with Gasteiger partial charge in [0.15, 0.2) is 0 Å². The zero-order valence-electron chi connectivity index (χ0n) is 21.6. The number of nitriles is 1. The smallest absolute Gasteiger partial charge is 0.319 e. The second-order valence-corrected chi connectivity index (χ2v) is 9.94. The number of nitrogens with zero attached hydrogens (tertiary/aromatic N) is 5. The van der Waals surface area contributed by atoms with Crippen LogP contribution >= 0.6 is 0 Å². The molecule has 2 aliphatic heterocycles. The first kappa shape index (κ1) is 25.7. The molecule has 1 unspecified atom stereocenters. The number of aromatic hydroxyl groups is 1. The van der Waals surface area contributed by atoms with Gasteiger partial charge in [-0.1, -0.05) is 24.3 Å². The summed E-state index contributed by atoms with van der Waals surface area (Å²) >= 11 is 0. The Hall–Kier alpha value is -3.94. The summed E-state index contributed by atoms with van der Waals surface area (Å²) in [5.74, 6) is 0.226. The Kier molecular flexibility index (Phi) is 7.86. The summed E-state index contributed by atoms with van der Waals surface area (Å²) in [5, 5.41) is 27.2. The van der Waals surface area contributed by atoms with Crippen LogP contribution in [-0.2, 0) is 0 Å². The quantitative estimate of drug-likeness (QED) is 0.415. The van der Waals surface area contributed by atoms with E-state index < -0.39 is 5.91 Å². The van der Waals surface area contributed by atoms with E-state index in [1.165, 1.54) is 12.5 Å². The molecule has 10 nitrogen and oxygen atoms in total. The summed E-state index contributed by atoms with van der Waals surface area (Å²) in [6, 6.07) is 15.2. The maximum Gasteiger partial charge on any atom is 0.319 e. The van der Waals surface area contributed by atoms with E-state index in [0.29, 0.717) is 50.2 Å². The number of hydrogen-bond acceptors (Lipinski definition) is 9. The van der Waals surface area contributed by atoms with E-state index in [1.54, 1.807) is 12.1 Å². The number of ether oxygens (including phenoxy) is 1. The number of rotatable bonds is 8. The monoisotopic (exact) mass is 515 g/mol. The Bertz CT molecular complexity index is 1340. The number of hydrogen-bond donors (Lipinski definition) is 3. The van der Waals surface area contributed by atoms with Gasteiger partial charge in [0, 0.05) is 49.2 Å². The van der Waals surface area contributed by atoms with Gasteiger partial charge in [0.05, 0.1) is 24.8 Å². The Morgan fingerprint density at radius 3 is 2.95 bits per heavy atom. The van der Waals surface area contributed by atoms with Crippen LogP contribution in [-0.4, -0.2) is 77.8 Å². The van der Waals surface area contributed by atoms with Crippen molar-refractivity contribution >= 4 is 28.2 Å². The molecule has 0 spiro atoms. The van der Waals surface area contributed by atoms with Crippen LogP contribution in [0.3, 0.4) is 0 Å². The van der Waals surface area contributed by atoms with Crippen molar-refractivity contribution in [3.8, 4) is 17.8 Å². The lowest BCUT2D eigenvalue weighted by atomic mass is 10.1. The SMILES string of the molecule is CN1CCCC1CCOc1nc(C(=O)Nc2cc(O)cc3ccccc23)cc(N2CCN[C@@H](CC#N)C2)n1. The number of piperazine rings is 1. The molecule has 3 aromatic rings. The molecular formula is C28H33N7O3. The molecule has 3 N–H and O–H groups in total. The lowest BCUT2D eigenvalue weighted by molar-refractivity contribution is 0.102. The second-order valence-electron chi connectivity index (χ2n) is 9.94. The van der Waals surface area contributed by atoms with E-state index in [1.807, 2.05) is 24.3 Å². The summed E-state index contributed by atoms with van der Waals surface area (Å²) in [6.45, 7) is 3.53. The fourth-order valence-electron chi connectivity index (χ4n) is 5.25. The molecule has 38 heavy (non-hydrogen) atoms. The van der Waals surface area contributed by atoms with Crippen LogP contribution < -0.4 is 20.3 Å². The van der Waals surface area contributed by atoms with E-state index in [0.717, 1.165) is 30.2 Å². The highest BCUT2D eigenvalue weighted by molar-refractivity contribution is 6.09. The molecule has 2 fully saturated rings. The average molecular weight is 516 g/mol. The molecule has 1 amide bonds. The van der Waals surface area contributed by atoms with Crippen LogP contribution in [0.5, 0.6) is 11.8 Å². The number of nitrogens with one attached hydrogen (secondary N) is 2. The fraction of sp³-hybridized carbons (Fsp3) is 0.429. The third-order valence-corrected chi connectivity index (χ3v) is 7.29. The van der Waals surface area contributed by atoms with Gasteiger partial charge in [0.2, 0.25) is 0 Å². The van der Waals surface area contributed by atoms with Gasteiger partial charge in [0.25, 0.3) is 5.91 Å². The van der Waals surface area contributed by atoms with E-state index >= 15 is 0 Å². The molecule has 2 aromatic carbocycles. The molecule has 1 aromatic heterocycles. The molecule has 0 radical (unpaired) electrons. The van der Waals surface area contributed by atoms with Gasteiger partial charge in [-0.15, -0.1) is 0 Å². The summed E-state index contributed by atoms with van der Waals surface area (Å²) in [4.78, 5) is 26.9. The van der Waals surface area contributed by atoms with E-state index in [2.05, 4.69) is 43.5 Å². The molecule has 2 aliphatic rings. The van der Waals surface area contributed by atoms with Gasteiger partial charge in [-0.25, -0.2) is 0 Å². The van der Waals surface area contributed by atoms with Gasteiger partial charge in [-0.05, 0) is 44.3 Å². The average Bonchev–Trinajstić information content (AvgIpc) is 3.33. The third-order valence-electron chi connectivity index (χ3n) is 7.29. The van der Waals surface area contributed by atoms with Crippen LogP contribution in [0.2, 0.25) is 0 Å². The highest BCUT2D eigenvalue weighted by atomic mass is 16.5. The largest absolute Gasteiger partial charge is 0.508 e. The van der Waals surface area contributed by atoms with Gasteiger partial charge >= 0.3 is 6.01 Å². The lowest BCUT2D eigenvalue weighted by Gasteiger charge is -2.33. The van der Waals surface area contributed by atoms with Crippen molar-refractivity contribution in [2.24, 2.45) is 0 Å². The van der Waals surface area contributed by atoms with Crippen LogP contribution in [0, 0.1) is 11.3 Å². The highest BCUT2D eigenvalue weighted by Crippen LogP contribution is 2.29. The third kappa shape index (κ3) is 5.96. The minimum atomic E-state index is -0.423. The molecule has 0 saturated carbocycles. The minimum Gasteiger partial charge on any atom is -0.508 e.